The van der Waals surface area contributed by atoms with Crippen molar-refractivity contribution in [3.05, 3.63) is 59.7 Å². The first-order valence-corrected chi connectivity index (χ1v) is 9.50. The maximum absolute atomic E-state index is 6.08. The van der Waals surface area contributed by atoms with E-state index in [1.165, 1.54) is 5.56 Å². The van der Waals surface area contributed by atoms with Crippen molar-refractivity contribution in [1.82, 2.24) is 10.2 Å². The zero-order valence-corrected chi connectivity index (χ0v) is 16.4. The second-order valence-corrected chi connectivity index (χ2v) is 6.82. The summed E-state index contributed by atoms with van der Waals surface area (Å²) in [5, 5.41) is 3.48. The molecule has 1 N–H and O–H groups in total. The molecule has 0 spiro atoms. The van der Waals surface area contributed by atoms with Gasteiger partial charge >= 0.3 is 0 Å². The normalized spacial score (nSPS) is 15.5. The third kappa shape index (κ3) is 5.16. The van der Waals surface area contributed by atoms with E-state index in [1.807, 2.05) is 43.4 Å². The molecule has 0 saturated carbocycles. The molecule has 0 aromatic heterocycles. The molecule has 5 nitrogen and oxygen atoms in total. The molecular weight excluding hydrogens is 338 g/mol. The lowest BCUT2D eigenvalue weighted by atomic mass is 10.1. The van der Waals surface area contributed by atoms with Gasteiger partial charge in [-0.15, -0.1) is 0 Å². The molecule has 2 aromatic carbocycles. The molecule has 1 saturated heterocycles. The first kappa shape index (κ1) is 19.1. The Morgan fingerprint density at radius 2 is 1.89 bits per heavy atom. The minimum Gasteiger partial charge on any atom is -0.496 e. The Balaban J connectivity index is 1.49. The van der Waals surface area contributed by atoms with E-state index in [-0.39, 0.29) is 6.10 Å². The fourth-order valence-corrected chi connectivity index (χ4v) is 3.44. The fraction of sp³-hybridized carbons (Fsp3) is 0.409. The monoisotopic (exact) mass is 367 g/mol. The molecule has 5 heteroatoms. The van der Waals surface area contributed by atoms with Crippen LogP contribution in [0.3, 0.4) is 0 Å². The van der Waals surface area contributed by atoms with E-state index in [0.717, 1.165) is 55.5 Å². The quantitative estimate of drug-likeness (QED) is 0.648. The van der Waals surface area contributed by atoms with Gasteiger partial charge < -0.3 is 19.7 Å². The van der Waals surface area contributed by atoms with E-state index in [4.69, 9.17) is 9.47 Å². The zero-order valence-electron chi connectivity index (χ0n) is 16.4. The summed E-state index contributed by atoms with van der Waals surface area (Å²) in [5.74, 6) is 2.82. The molecule has 0 atom stereocenters. The van der Waals surface area contributed by atoms with Crippen LogP contribution in [0.25, 0.3) is 0 Å². The van der Waals surface area contributed by atoms with E-state index in [9.17, 15) is 0 Å². The van der Waals surface area contributed by atoms with Gasteiger partial charge in [0.2, 0.25) is 0 Å². The number of hydrogen-bond donors (Lipinski definition) is 1. The van der Waals surface area contributed by atoms with Gasteiger partial charge in [0.25, 0.3) is 0 Å². The number of methoxy groups -OCH3 is 1. The molecule has 144 valence electrons. The number of ether oxygens (including phenoxy) is 2. The maximum atomic E-state index is 6.08. The van der Waals surface area contributed by atoms with Crippen LogP contribution in [0.15, 0.2) is 53.5 Å². The summed E-state index contributed by atoms with van der Waals surface area (Å²) >= 11 is 0. The summed E-state index contributed by atoms with van der Waals surface area (Å²) in [6.45, 7) is 4.70. The molecule has 1 aliphatic rings. The molecule has 0 amide bonds. The lowest BCUT2D eigenvalue weighted by Crippen LogP contribution is -2.47. The van der Waals surface area contributed by atoms with Crippen molar-refractivity contribution in [2.45, 2.75) is 32.4 Å². The second kappa shape index (κ2) is 9.31. The smallest absolute Gasteiger partial charge is 0.193 e. The van der Waals surface area contributed by atoms with Crippen molar-refractivity contribution in [1.29, 1.82) is 0 Å². The molecule has 0 unspecified atom stereocenters. The SMILES string of the molecule is CN=C(NCc1ccc(OC)c(C)c1)N1CCC(Oc2ccccc2)CC1. The van der Waals surface area contributed by atoms with E-state index in [0.29, 0.717) is 0 Å². The van der Waals surface area contributed by atoms with Gasteiger partial charge in [0.1, 0.15) is 17.6 Å². The average Bonchev–Trinajstić information content (AvgIpc) is 2.70. The summed E-state index contributed by atoms with van der Waals surface area (Å²) in [6.07, 6.45) is 2.26. The molecule has 0 aliphatic carbocycles. The number of para-hydroxylation sites is 1. The number of nitrogens with zero attached hydrogens (tertiary/aromatic N) is 2. The molecule has 0 bridgehead atoms. The van der Waals surface area contributed by atoms with Gasteiger partial charge in [0.15, 0.2) is 5.96 Å². The van der Waals surface area contributed by atoms with Crippen LogP contribution in [0.5, 0.6) is 11.5 Å². The highest BCUT2D eigenvalue weighted by atomic mass is 16.5. The lowest BCUT2D eigenvalue weighted by Gasteiger charge is -2.34. The van der Waals surface area contributed by atoms with Gasteiger partial charge in [0, 0.05) is 39.5 Å². The second-order valence-electron chi connectivity index (χ2n) is 6.82. The molecule has 1 fully saturated rings. The van der Waals surface area contributed by atoms with Crippen LogP contribution in [-0.4, -0.2) is 44.2 Å². The minimum atomic E-state index is 0.269. The van der Waals surface area contributed by atoms with Gasteiger partial charge in [0.05, 0.1) is 7.11 Å². The molecule has 1 heterocycles. The first-order valence-electron chi connectivity index (χ1n) is 9.50. The predicted molar refractivity (Wildman–Crippen MR) is 110 cm³/mol. The summed E-state index contributed by atoms with van der Waals surface area (Å²) < 4.78 is 11.4. The van der Waals surface area contributed by atoms with E-state index >= 15 is 0 Å². The van der Waals surface area contributed by atoms with Crippen LogP contribution >= 0.6 is 0 Å². The third-order valence-electron chi connectivity index (χ3n) is 4.91. The molecule has 2 aromatic rings. The molecular formula is C22H29N3O2. The van der Waals surface area contributed by atoms with Crippen molar-refractivity contribution >= 4 is 5.96 Å². The molecule has 3 rings (SSSR count). The van der Waals surface area contributed by atoms with Crippen LogP contribution in [-0.2, 0) is 6.54 Å². The predicted octanol–water partition coefficient (Wildman–Crippen LogP) is 3.62. The van der Waals surface area contributed by atoms with Gasteiger partial charge in [-0.05, 0) is 36.2 Å². The highest BCUT2D eigenvalue weighted by molar-refractivity contribution is 5.80. The largest absolute Gasteiger partial charge is 0.496 e. The number of guanidine groups is 1. The lowest BCUT2D eigenvalue weighted by molar-refractivity contribution is 0.129. The van der Waals surface area contributed by atoms with Gasteiger partial charge in [-0.2, -0.15) is 0 Å². The zero-order chi connectivity index (χ0) is 19.1. The van der Waals surface area contributed by atoms with Gasteiger partial charge in [-0.25, -0.2) is 0 Å². The minimum absolute atomic E-state index is 0.269. The maximum Gasteiger partial charge on any atom is 0.193 e. The Kier molecular flexibility index (Phi) is 6.58. The number of aryl methyl sites for hydroxylation is 1. The average molecular weight is 367 g/mol. The Hall–Kier alpha value is -2.69. The van der Waals surface area contributed by atoms with E-state index in [1.54, 1.807) is 7.11 Å². The van der Waals surface area contributed by atoms with Crippen molar-refractivity contribution in [3.63, 3.8) is 0 Å². The molecule has 27 heavy (non-hydrogen) atoms. The summed E-state index contributed by atoms with van der Waals surface area (Å²) in [7, 11) is 3.54. The van der Waals surface area contributed by atoms with E-state index < -0.39 is 0 Å². The highest BCUT2D eigenvalue weighted by Gasteiger charge is 2.22. The number of piperidine rings is 1. The Morgan fingerprint density at radius 1 is 1.15 bits per heavy atom. The van der Waals surface area contributed by atoms with Crippen LogP contribution in [0.1, 0.15) is 24.0 Å². The van der Waals surface area contributed by atoms with Crippen molar-refractivity contribution in [2.24, 2.45) is 4.99 Å². The number of aliphatic imine (C=N–C) groups is 1. The van der Waals surface area contributed by atoms with Crippen molar-refractivity contribution in [2.75, 3.05) is 27.2 Å². The highest BCUT2D eigenvalue weighted by Crippen LogP contribution is 2.20. The standard InChI is InChI=1S/C22H29N3O2/c1-17-15-18(9-10-21(17)26-3)16-24-22(23-2)25-13-11-20(12-14-25)27-19-7-5-4-6-8-19/h4-10,15,20H,11-14,16H2,1-3H3,(H,23,24). The number of nitrogens with one attached hydrogen (secondary N) is 1. The molecule has 0 radical (unpaired) electrons. The summed E-state index contributed by atoms with van der Waals surface area (Å²) in [4.78, 5) is 6.76. The number of likely N-dealkylation sites (tertiary alicyclic amines) is 1. The van der Waals surface area contributed by atoms with Gasteiger partial charge in [-0.3, -0.25) is 4.99 Å². The Labute approximate surface area is 162 Å². The van der Waals surface area contributed by atoms with E-state index in [2.05, 4.69) is 34.3 Å². The summed E-state index contributed by atoms with van der Waals surface area (Å²) in [6, 6.07) is 16.3. The number of rotatable bonds is 5. The van der Waals surface area contributed by atoms with Crippen LogP contribution < -0.4 is 14.8 Å². The molecule has 1 aliphatic heterocycles. The first-order chi connectivity index (χ1) is 13.2. The summed E-state index contributed by atoms with van der Waals surface area (Å²) in [5.41, 5.74) is 2.36. The third-order valence-corrected chi connectivity index (χ3v) is 4.91. The van der Waals surface area contributed by atoms with Crippen LogP contribution in [0, 0.1) is 6.92 Å². The number of hydrogen-bond acceptors (Lipinski definition) is 3. The fourth-order valence-electron chi connectivity index (χ4n) is 3.44. The number of benzene rings is 2. The topological polar surface area (TPSA) is 46.1 Å². The van der Waals surface area contributed by atoms with Crippen molar-refractivity contribution in [3.8, 4) is 11.5 Å². The van der Waals surface area contributed by atoms with Crippen molar-refractivity contribution < 1.29 is 9.47 Å². The Bertz CT molecular complexity index is 753. The Morgan fingerprint density at radius 3 is 2.52 bits per heavy atom. The van der Waals surface area contributed by atoms with Crippen LogP contribution in [0.2, 0.25) is 0 Å². The van der Waals surface area contributed by atoms with Crippen LogP contribution in [0.4, 0.5) is 0 Å². The van der Waals surface area contributed by atoms with Gasteiger partial charge in [-0.1, -0.05) is 30.3 Å².